The van der Waals surface area contributed by atoms with E-state index in [1.165, 1.54) is 70.6 Å². The van der Waals surface area contributed by atoms with Gasteiger partial charge < -0.3 is 24.9 Å². The second-order valence-corrected chi connectivity index (χ2v) is 6.30. The Balaban J connectivity index is -0.000000312. The van der Waals surface area contributed by atoms with E-state index in [0.29, 0.717) is 6.42 Å². The molecule has 0 aliphatic carbocycles. The molecule has 0 aromatic rings. The summed E-state index contributed by atoms with van der Waals surface area (Å²) >= 11 is 0. The molecule has 0 amide bonds. The van der Waals surface area contributed by atoms with Crippen LogP contribution >= 0.6 is 0 Å². The zero-order chi connectivity index (χ0) is 20.0. The van der Waals surface area contributed by atoms with Gasteiger partial charge in [-0.05, 0) is 32.1 Å². The summed E-state index contributed by atoms with van der Waals surface area (Å²) in [5.74, 6) is -5.03. The van der Waals surface area contributed by atoms with Crippen LogP contribution in [-0.4, -0.2) is 23.0 Å². The summed E-state index contributed by atoms with van der Waals surface area (Å²) in [6.45, 7) is 2.26. The van der Waals surface area contributed by atoms with Crippen molar-refractivity contribution in [2.24, 2.45) is 0 Å². The van der Waals surface area contributed by atoms with Crippen LogP contribution in [0.15, 0.2) is 12.2 Å². The van der Waals surface area contributed by atoms with Crippen molar-refractivity contribution in [1.29, 1.82) is 0 Å². The van der Waals surface area contributed by atoms with Gasteiger partial charge in [0.15, 0.2) is 0 Å². The zero-order valence-electron chi connectivity index (χ0n) is 18.0. The van der Waals surface area contributed by atoms with Crippen LogP contribution < -0.4 is 47.9 Å². The van der Waals surface area contributed by atoms with Crippen LogP contribution in [0.1, 0.15) is 96.8 Å². The van der Waals surface area contributed by atoms with E-state index in [-0.39, 0.29) is 37.7 Å². The number of rotatable bonds is 15. The maximum Gasteiger partial charge on any atom is 1.00 e. The van der Waals surface area contributed by atoms with E-state index < -0.39 is 17.9 Å². The van der Waals surface area contributed by atoms with Crippen LogP contribution in [0.25, 0.3) is 0 Å². The van der Waals surface area contributed by atoms with Crippen molar-refractivity contribution in [3.8, 4) is 0 Å². The van der Waals surface area contributed by atoms with Gasteiger partial charge in [0.1, 0.15) is 0 Å². The fourth-order valence-electron chi connectivity index (χ4n) is 2.35. The molecule has 0 spiro atoms. The Morgan fingerprint density at radius 1 is 0.679 bits per heavy atom. The van der Waals surface area contributed by atoms with Gasteiger partial charge in [-0.2, -0.15) is 0 Å². The van der Waals surface area contributed by atoms with Gasteiger partial charge in [0.05, 0.1) is 11.9 Å². The summed E-state index contributed by atoms with van der Waals surface area (Å²) in [6, 6.07) is 0. The van der Waals surface area contributed by atoms with Gasteiger partial charge in [0, 0.05) is 6.42 Å². The molecule has 0 saturated heterocycles. The number of aliphatic carboxylic acids is 3. The molecular formula is C20H34Li2O6. The molecule has 0 fully saturated rings. The first-order chi connectivity index (χ1) is 12.4. The van der Waals surface area contributed by atoms with E-state index in [1.807, 2.05) is 0 Å². The van der Waals surface area contributed by atoms with E-state index in [2.05, 4.69) is 19.1 Å². The minimum Gasteiger partial charge on any atom is -0.543 e. The molecule has 28 heavy (non-hydrogen) atoms. The van der Waals surface area contributed by atoms with Crippen molar-refractivity contribution in [2.45, 2.75) is 96.8 Å². The molecular weight excluding hydrogens is 350 g/mol. The Bertz CT molecular complexity index is 388. The van der Waals surface area contributed by atoms with Crippen molar-refractivity contribution >= 4 is 17.9 Å². The second kappa shape index (κ2) is 28.6. The maximum atomic E-state index is 10.3. The molecule has 152 valence electrons. The molecule has 0 unspecified atom stereocenters. The Hall–Kier alpha value is -0.655. The van der Waals surface area contributed by atoms with Gasteiger partial charge in [0.2, 0.25) is 0 Å². The number of unbranched alkanes of at least 4 members (excludes halogenated alkanes) is 11. The standard InChI is InChI=1S/C18H34O2.C2H2O4.2Li/c1-2-3-4-5-6-7-8-9-10-11-12-13-14-15-16-17-18(19)20;3-1(4)2(5)6;;/h9-10H,2-8,11-17H2,1H3,(H,19,20);(H,3,4)(H,5,6);;/q;;2*+1/p-2. The molecule has 0 aliphatic heterocycles. The number of carboxylic acids is 3. The second-order valence-electron chi connectivity index (χ2n) is 6.30. The molecule has 0 aliphatic rings. The molecule has 6 nitrogen and oxygen atoms in total. The minimum atomic E-state index is -2.19. The molecule has 0 atom stereocenters. The van der Waals surface area contributed by atoms with Crippen molar-refractivity contribution < 1.29 is 67.4 Å². The third kappa shape index (κ3) is 36.3. The normalized spacial score (nSPS) is 9.61. The first kappa shape index (κ1) is 34.8. The third-order valence-electron chi connectivity index (χ3n) is 3.82. The Kier molecular flexibility index (Phi) is 35.5. The number of allylic oxidation sites excluding steroid dienone is 2. The van der Waals surface area contributed by atoms with E-state index in [9.17, 15) is 4.79 Å². The molecule has 0 rings (SSSR count). The van der Waals surface area contributed by atoms with Crippen molar-refractivity contribution in [2.75, 3.05) is 0 Å². The number of hydrogen-bond acceptors (Lipinski definition) is 5. The smallest absolute Gasteiger partial charge is 0.543 e. The maximum absolute atomic E-state index is 10.3. The van der Waals surface area contributed by atoms with Crippen LogP contribution in [0.4, 0.5) is 0 Å². The van der Waals surface area contributed by atoms with Crippen LogP contribution in [0.5, 0.6) is 0 Å². The average Bonchev–Trinajstić information content (AvgIpc) is 2.58. The van der Waals surface area contributed by atoms with Crippen molar-refractivity contribution in [1.82, 2.24) is 0 Å². The molecule has 0 bridgehead atoms. The van der Waals surface area contributed by atoms with Crippen LogP contribution in [0.2, 0.25) is 0 Å². The molecule has 1 N–H and O–H groups in total. The average molecular weight is 384 g/mol. The van der Waals surface area contributed by atoms with Gasteiger partial charge >= 0.3 is 43.7 Å². The van der Waals surface area contributed by atoms with Gasteiger partial charge in [0.25, 0.3) is 0 Å². The van der Waals surface area contributed by atoms with Gasteiger partial charge in [-0.1, -0.05) is 70.4 Å². The third-order valence-corrected chi connectivity index (χ3v) is 3.82. The van der Waals surface area contributed by atoms with E-state index in [4.69, 9.17) is 24.9 Å². The predicted octanol–water partition coefficient (Wildman–Crippen LogP) is -3.40. The molecule has 0 saturated carbocycles. The summed E-state index contributed by atoms with van der Waals surface area (Å²) < 4.78 is 0. The van der Waals surface area contributed by atoms with Crippen LogP contribution in [-0.2, 0) is 14.4 Å². The number of carboxylic acid groups (broad SMARTS) is 3. The number of hydrogen-bond donors (Lipinski definition) is 1. The Morgan fingerprint density at radius 3 is 1.39 bits per heavy atom. The molecule has 0 radical (unpaired) electrons. The van der Waals surface area contributed by atoms with Gasteiger partial charge in [-0.15, -0.1) is 0 Å². The summed E-state index contributed by atoms with van der Waals surface area (Å²) in [7, 11) is 0. The Labute approximate surface area is 193 Å². The van der Waals surface area contributed by atoms with E-state index in [0.717, 1.165) is 12.8 Å². The van der Waals surface area contributed by atoms with Crippen molar-refractivity contribution in [3.05, 3.63) is 12.2 Å². The summed E-state index contributed by atoms with van der Waals surface area (Å²) in [5, 5.41) is 26.4. The minimum absolute atomic E-state index is 0. The quantitative estimate of drug-likeness (QED) is 0.136. The van der Waals surface area contributed by atoms with Gasteiger partial charge in [-0.3, -0.25) is 4.79 Å². The predicted molar refractivity (Wildman–Crippen MR) is 97.1 cm³/mol. The zero-order valence-corrected chi connectivity index (χ0v) is 18.0. The topological polar surface area (TPSA) is 118 Å². The number of carbonyl (C=O) groups is 3. The molecule has 0 heterocycles. The van der Waals surface area contributed by atoms with E-state index >= 15 is 0 Å². The number of carbonyl (C=O) groups excluding carboxylic acids is 2. The van der Waals surface area contributed by atoms with Crippen molar-refractivity contribution in [3.63, 3.8) is 0 Å². The first-order valence-corrected chi connectivity index (χ1v) is 9.70. The largest absolute Gasteiger partial charge is 1.00 e. The molecule has 0 aromatic heterocycles. The fraction of sp³-hybridized carbons (Fsp3) is 0.750. The first-order valence-electron chi connectivity index (χ1n) is 9.70. The SMILES string of the molecule is CCCCCCCCC=CCCCCCCCC(=O)O.O=C([O-])C(=O)[O-].[Li+].[Li+]. The van der Waals surface area contributed by atoms with Crippen LogP contribution in [0, 0.1) is 0 Å². The monoisotopic (exact) mass is 384 g/mol. The van der Waals surface area contributed by atoms with Crippen LogP contribution in [0.3, 0.4) is 0 Å². The van der Waals surface area contributed by atoms with E-state index in [1.54, 1.807) is 0 Å². The van der Waals surface area contributed by atoms with Gasteiger partial charge in [-0.25, -0.2) is 0 Å². The molecule has 8 heteroatoms. The molecule has 0 aromatic carbocycles. The summed E-state index contributed by atoms with van der Waals surface area (Å²) in [5.41, 5.74) is 0. The fourth-order valence-corrected chi connectivity index (χ4v) is 2.35. The summed E-state index contributed by atoms with van der Waals surface area (Å²) in [6.07, 6.45) is 21.2. The Morgan fingerprint density at radius 2 is 1.04 bits per heavy atom. The summed E-state index contributed by atoms with van der Waals surface area (Å²) in [4.78, 5) is 28.2.